The average Bonchev–Trinajstić information content (AvgIpc) is 2.92. The fourth-order valence-corrected chi connectivity index (χ4v) is 3.83. The van der Waals surface area contributed by atoms with Gasteiger partial charge < -0.3 is 9.73 Å². The number of rotatable bonds is 3. The summed E-state index contributed by atoms with van der Waals surface area (Å²) in [7, 11) is 2.04. The maximum absolute atomic E-state index is 6.13. The van der Waals surface area contributed by atoms with E-state index >= 15 is 0 Å². The Morgan fingerprint density at radius 3 is 2.67 bits per heavy atom. The fourth-order valence-electron chi connectivity index (χ4n) is 3.83. The van der Waals surface area contributed by atoms with Crippen LogP contribution in [0.15, 0.2) is 28.7 Å². The minimum Gasteiger partial charge on any atom is -0.459 e. The number of fused-ring (bicyclic) bond motifs is 4. The van der Waals surface area contributed by atoms with E-state index in [1.165, 1.54) is 37.1 Å². The first-order valence-corrected chi connectivity index (χ1v) is 7.88. The number of benzene rings is 1. The molecule has 1 aromatic carbocycles. The highest BCUT2D eigenvalue weighted by atomic mass is 16.3. The molecule has 1 aromatic heterocycles. The second-order valence-corrected chi connectivity index (χ2v) is 6.36. The molecule has 3 aliphatic rings. The van der Waals surface area contributed by atoms with Gasteiger partial charge in [0.05, 0.1) is 6.04 Å². The molecule has 0 amide bonds. The van der Waals surface area contributed by atoms with E-state index < -0.39 is 0 Å². The lowest BCUT2D eigenvalue weighted by atomic mass is 9.98. The first-order chi connectivity index (χ1) is 10.2. The van der Waals surface area contributed by atoms with Gasteiger partial charge in [0.15, 0.2) is 0 Å². The van der Waals surface area contributed by atoms with Crippen molar-refractivity contribution in [2.45, 2.75) is 19.0 Å². The SMILES string of the molecule is CNC(c1cc2cc(C)ccc2o1)C1CN2CCN1CC2. The van der Waals surface area contributed by atoms with E-state index in [2.05, 4.69) is 46.3 Å². The summed E-state index contributed by atoms with van der Waals surface area (Å²) < 4.78 is 6.13. The Balaban J connectivity index is 1.67. The molecule has 3 aliphatic heterocycles. The average molecular weight is 285 g/mol. The quantitative estimate of drug-likeness (QED) is 0.935. The highest BCUT2D eigenvalue weighted by Crippen LogP contribution is 2.31. The first-order valence-electron chi connectivity index (χ1n) is 7.88. The van der Waals surface area contributed by atoms with E-state index in [9.17, 15) is 0 Å². The number of hydrogen-bond acceptors (Lipinski definition) is 4. The number of aryl methyl sites for hydroxylation is 1. The van der Waals surface area contributed by atoms with Gasteiger partial charge in [-0.15, -0.1) is 0 Å². The van der Waals surface area contributed by atoms with Crippen LogP contribution in [0.5, 0.6) is 0 Å². The standard InChI is InChI=1S/C17H23N3O/c1-12-3-4-15-13(9-12)10-16(21-15)17(18-2)14-11-19-5-7-20(14)8-6-19/h3-4,9-10,14,17-18H,5-8,11H2,1-2H3. The zero-order valence-electron chi connectivity index (χ0n) is 12.8. The first kappa shape index (κ1) is 13.3. The Morgan fingerprint density at radius 2 is 2.00 bits per heavy atom. The Bertz CT molecular complexity index is 643. The topological polar surface area (TPSA) is 31.7 Å². The predicted octanol–water partition coefficient (Wildman–Crippen LogP) is 2.00. The number of furan rings is 1. The summed E-state index contributed by atoms with van der Waals surface area (Å²) in [5.41, 5.74) is 2.27. The van der Waals surface area contributed by atoms with Crippen LogP contribution < -0.4 is 5.32 Å². The van der Waals surface area contributed by atoms with Crippen molar-refractivity contribution in [1.82, 2.24) is 15.1 Å². The van der Waals surface area contributed by atoms with Crippen molar-refractivity contribution in [3.05, 3.63) is 35.6 Å². The number of piperazine rings is 3. The maximum Gasteiger partial charge on any atom is 0.134 e. The van der Waals surface area contributed by atoms with E-state index in [1.807, 2.05) is 7.05 Å². The van der Waals surface area contributed by atoms with E-state index in [0.717, 1.165) is 17.9 Å². The molecule has 21 heavy (non-hydrogen) atoms. The molecule has 2 unspecified atom stereocenters. The van der Waals surface area contributed by atoms with Crippen LogP contribution in [0.4, 0.5) is 0 Å². The number of hydrogen-bond donors (Lipinski definition) is 1. The van der Waals surface area contributed by atoms with E-state index in [-0.39, 0.29) is 6.04 Å². The molecule has 2 bridgehead atoms. The van der Waals surface area contributed by atoms with Crippen molar-refractivity contribution in [3.63, 3.8) is 0 Å². The smallest absolute Gasteiger partial charge is 0.134 e. The number of nitrogens with zero attached hydrogens (tertiary/aromatic N) is 2. The summed E-state index contributed by atoms with van der Waals surface area (Å²) in [6.07, 6.45) is 0. The van der Waals surface area contributed by atoms with Gasteiger partial charge in [-0.05, 0) is 32.2 Å². The Kier molecular flexibility index (Phi) is 3.25. The van der Waals surface area contributed by atoms with Crippen LogP contribution in [0.3, 0.4) is 0 Å². The molecule has 0 radical (unpaired) electrons. The van der Waals surface area contributed by atoms with Crippen LogP contribution >= 0.6 is 0 Å². The zero-order chi connectivity index (χ0) is 14.4. The largest absolute Gasteiger partial charge is 0.459 e. The minimum absolute atomic E-state index is 0.265. The fraction of sp³-hybridized carbons (Fsp3) is 0.529. The summed E-state index contributed by atoms with van der Waals surface area (Å²) in [4.78, 5) is 5.18. The molecule has 2 atom stereocenters. The lowest BCUT2D eigenvalue weighted by Crippen LogP contribution is -2.63. The Morgan fingerprint density at radius 1 is 1.19 bits per heavy atom. The molecular formula is C17H23N3O. The summed E-state index contributed by atoms with van der Waals surface area (Å²) in [6, 6.07) is 9.38. The molecular weight excluding hydrogens is 262 g/mol. The molecule has 0 aliphatic carbocycles. The van der Waals surface area contributed by atoms with Gasteiger partial charge >= 0.3 is 0 Å². The summed E-state index contributed by atoms with van der Waals surface area (Å²) in [6.45, 7) is 8.06. The molecule has 4 heteroatoms. The van der Waals surface area contributed by atoms with E-state index in [4.69, 9.17) is 4.42 Å². The number of likely N-dealkylation sites (N-methyl/N-ethyl adjacent to an activating group) is 1. The van der Waals surface area contributed by atoms with E-state index in [1.54, 1.807) is 0 Å². The summed E-state index contributed by atoms with van der Waals surface area (Å²) >= 11 is 0. The lowest BCUT2D eigenvalue weighted by molar-refractivity contribution is -0.00544. The van der Waals surface area contributed by atoms with Gasteiger partial charge in [-0.1, -0.05) is 11.6 Å². The van der Waals surface area contributed by atoms with Crippen LogP contribution in [0.25, 0.3) is 11.0 Å². The van der Waals surface area contributed by atoms with Crippen molar-refractivity contribution in [2.24, 2.45) is 0 Å². The third kappa shape index (κ3) is 2.27. The molecule has 2 aromatic rings. The molecule has 112 valence electrons. The van der Waals surface area contributed by atoms with Crippen molar-refractivity contribution in [1.29, 1.82) is 0 Å². The lowest BCUT2D eigenvalue weighted by Gasteiger charge is -2.49. The van der Waals surface area contributed by atoms with Crippen molar-refractivity contribution in [2.75, 3.05) is 39.8 Å². The summed E-state index contributed by atoms with van der Waals surface area (Å²) in [5, 5.41) is 4.70. The molecule has 4 nitrogen and oxygen atoms in total. The van der Waals surface area contributed by atoms with Gasteiger partial charge in [-0.3, -0.25) is 9.80 Å². The van der Waals surface area contributed by atoms with Gasteiger partial charge in [-0.25, -0.2) is 0 Å². The molecule has 3 saturated heterocycles. The normalized spacial score (nSPS) is 29.9. The zero-order valence-corrected chi connectivity index (χ0v) is 12.8. The van der Waals surface area contributed by atoms with Crippen LogP contribution in [0, 0.1) is 6.92 Å². The molecule has 0 saturated carbocycles. The van der Waals surface area contributed by atoms with Gasteiger partial charge in [0.25, 0.3) is 0 Å². The highest BCUT2D eigenvalue weighted by Gasteiger charge is 2.38. The van der Waals surface area contributed by atoms with Crippen molar-refractivity contribution >= 4 is 11.0 Å². The molecule has 1 N–H and O–H groups in total. The van der Waals surface area contributed by atoms with Crippen molar-refractivity contribution in [3.8, 4) is 0 Å². The molecule has 0 spiro atoms. The maximum atomic E-state index is 6.13. The second kappa shape index (κ2) is 5.13. The highest BCUT2D eigenvalue weighted by molar-refractivity contribution is 5.78. The third-order valence-corrected chi connectivity index (χ3v) is 5.01. The summed E-state index contributed by atoms with van der Waals surface area (Å²) in [5.74, 6) is 1.07. The second-order valence-electron chi connectivity index (χ2n) is 6.36. The minimum atomic E-state index is 0.265. The van der Waals surface area contributed by atoms with E-state index in [0.29, 0.717) is 6.04 Å². The van der Waals surface area contributed by atoms with Crippen LogP contribution in [0.1, 0.15) is 17.4 Å². The Hall–Kier alpha value is -1.36. The monoisotopic (exact) mass is 285 g/mol. The van der Waals surface area contributed by atoms with Crippen molar-refractivity contribution < 1.29 is 4.42 Å². The van der Waals surface area contributed by atoms with Crippen LogP contribution in [-0.2, 0) is 0 Å². The van der Waals surface area contributed by atoms with Crippen LogP contribution in [-0.4, -0.2) is 55.6 Å². The van der Waals surface area contributed by atoms with Gasteiger partial charge in [-0.2, -0.15) is 0 Å². The van der Waals surface area contributed by atoms with Gasteiger partial charge in [0.2, 0.25) is 0 Å². The Labute approximate surface area is 125 Å². The third-order valence-electron chi connectivity index (χ3n) is 5.01. The van der Waals surface area contributed by atoms with Gasteiger partial charge in [0, 0.05) is 44.2 Å². The molecule has 5 rings (SSSR count). The van der Waals surface area contributed by atoms with Gasteiger partial charge in [0.1, 0.15) is 11.3 Å². The molecule has 4 heterocycles. The van der Waals surface area contributed by atoms with Crippen LogP contribution in [0.2, 0.25) is 0 Å². The molecule has 3 fully saturated rings. The number of nitrogens with one attached hydrogen (secondary N) is 1. The predicted molar refractivity (Wildman–Crippen MR) is 84.6 cm³/mol.